The molecule has 0 heterocycles. The standard InChI is InChI=1S/C12H18BrN3O4S/c1-3-12(4-2,8-14)15-21(19,20)9-5-6-11(16(17)18)10(13)7-9/h5-7,15H,3-4,8,14H2,1-2H3. The van der Waals surface area contributed by atoms with Gasteiger partial charge in [-0.1, -0.05) is 13.8 Å². The van der Waals surface area contributed by atoms with Gasteiger partial charge in [-0.3, -0.25) is 10.1 Å². The summed E-state index contributed by atoms with van der Waals surface area (Å²) >= 11 is 3.01. The molecule has 0 atom stereocenters. The zero-order valence-corrected chi connectivity index (χ0v) is 14.2. The SMILES string of the molecule is CCC(CC)(CN)NS(=O)(=O)c1ccc([N+](=O)[O-])c(Br)c1. The molecule has 118 valence electrons. The van der Waals surface area contributed by atoms with Crippen LogP contribution in [0.1, 0.15) is 26.7 Å². The van der Waals surface area contributed by atoms with Gasteiger partial charge in [-0.05, 0) is 40.9 Å². The van der Waals surface area contributed by atoms with Crippen LogP contribution in [-0.4, -0.2) is 25.4 Å². The maximum atomic E-state index is 12.4. The van der Waals surface area contributed by atoms with Crippen molar-refractivity contribution >= 4 is 31.6 Å². The average molecular weight is 380 g/mol. The number of nitrogens with two attached hydrogens (primary N) is 1. The smallest absolute Gasteiger partial charge is 0.283 e. The molecule has 0 saturated carbocycles. The molecule has 1 aromatic carbocycles. The van der Waals surface area contributed by atoms with Crippen LogP contribution in [0.5, 0.6) is 0 Å². The lowest BCUT2D eigenvalue weighted by Gasteiger charge is -2.31. The molecule has 7 nitrogen and oxygen atoms in total. The summed E-state index contributed by atoms with van der Waals surface area (Å²) in [7, 11) is -3.80. The maximum Gasteiger partial charge on any atom is 0.283 e. The Kier molecular flexibility index (Phi) is 5.85. The van der Waals surface area contributed by atoms with Gasteiger partial charge in [0.25, 0.3) is 5.69 Å². The molecule has 0 radical (unpaired) electrons. The van der Waals surface area contributed by atoms with Gasteiger partial charge in [0.2, 0.25) is 10.0 Å². The molecule has 0 amide bonds. The third-order valence-corrected chi connectivity index (χ3v) is 5.73. The van der Waals surface area contributed by atoms with Crippen molar-refractivity contribution in [1.29, 1.82) is 0 Å². The molecule has 0 saturated heterocycles. The van der Waals surface area contributed by atoms with Crippen LogP contribution < -0.4 is 10.5 Å². The second-order valence-corrected chi connectivity index (χ2v) is 7.20. The quantitative estimate of drug-likeness (QED) is 0.556. The number of nitro groups is 1. The number of nitrogens with one attached hydrogen (secondary N) is 1. The Morgan fingerprint density at radius 3 is 2.33 bits per heavy atom. The number of benzene rings is 1. The topological polar surface area (TPSA) is 115 Å². The fourth-order valence-electron chi connectivity index (χ4n) is 1.87. The molecule has 0 aliphatic carbocycles. The van der Waals surface area contributed by atoms with E-state index in [2.05, 4.69) is 20.7 Å². The first kappa shape index (κ1) is 18.0. The molecule has 0 bridgehead atoms. The number of rotatable bonds is 7. The van der Waals surface area contributed by atoms with E-state index in [4.69, 9.17) is 5.73 Å². The highest BCUT2D eigenvalue weighted by Crippen LogP contribution is 2.28. The van der Waals surface area contributed by atoms with Gasteiger partial charge in [0.1, 0.15) is 0 Å². The summed E-state index contributed by atoms with van der Waals surface area (Å²) in [5.74, 6) is 0. The average Bonchev–Trinajstić information content (AvgIpc) is 2.44. The summed E-state index contributed by atoms with van der Waals surface area (Å²) < 4.78 is 27.5. The van der Waals surface area contributed by atoms with E-state index in [0.717, 1.165) is 6.07 Å². The van der Waals surface area contributed by atoms with Crippen molar-refractivity contribution < 1.29 is 13.3 Å². The van der Waals surface area contributed by atoms with Gasteiger partial charge in [-0.15, -0.1) is 0 Å². The number of hydrogen-bond acceptors (Lipinski definition) is 5. The minimum atomic E-state index is -3.80. The van der Waals surface area contributed by atoms with Gasteiger partial charge < -0.3 is 5.73 Å². The molecule has 9 heteroatoms. The lowest BCUT2D eigenvalue weighted by molar-refractivity contribution is -0.385. The van der Waals surface area contributed by atoms with E-state index in [9.17, 15) is 18.5 Å². The third kappa shape index (κ3) is 4.00. The highest BCUT2D eigenvalue weighted by molar-refractivity contribution is 9.10. The highest BCUT2D eigenvalue weighted by atomic mass is 79.9. The minimum Gasteiger partial charge on any atom is -0.329 e. The van der Waals surface area contributed by atoms with Gasteiger partial charge in [0.05, 0.1) is 14.3 Å². The number of halogens is 1. The Morgan fingerprint density at radius 1 is 1.38 bits per heavy atom. The Bertz CT molecular complexity index is 621. The highest BCUT2D eigenvalue weighted by Gasteiger charge is 2.31. The summed E-state index contributed by atoms with van der Waals surface area (Å²) in [6.45, 7) is 3.88. The van der Waals surface area contributed by atoms with Crippen molar-refractivity contribution in [2.75, 3.05) is 6.54 Å². The van der Waals surface area contributed by atoms with Crippen LogP contribution >= 0.6 is 15.9 Å². The fraction of sp³-hybridized carbons (Fsp3) is 0.500. The maximum absolute atomic E-state index is 12.4. The van der Waals surface area contributed by atoms with E-state index in [1.54, 1.807) is 0 Å². The summed E-state index contributed by atoms with van der Waals surface area (Å²) in [6.07, 6.45) is 1.10. The van der Waals surface area contributed by atoms with E-state index in [-0.39, 0.29) is 21.6 Å². The normalized spacial score (nSPS) is 12.4. The molecule has 21 heavy (non-hydrogen) atoms. The zero-order valence-electron chi connectivity index (χ0n) is 11.8. The molecule has 0 fully saturated rings. The minimum absolute atomic E-state index is 0.0419. The van der Waals surface area contributed by atoms with Crippen LogP contribution in [-0.2, 0) is 10.0 Å². The summed E-state index contributed by atoms with van der Waals surface area (Å²) in [4.78, 5) is 10.1. The van der Waals surface area contributed by atoms with E-state index >= 15 is 0 Å². The molecule has 0 spiro atoms. The Balaban J connectivity index is 3.20. The molecule has 0 aliphatic rings. The lowest BCUT2D eigenvalue weighted by atomic mass is 9.95. The number of hydrogen-bond donors (Lipinski definition) is 2. The molecular formula is C12H18BrN3O4S. The largest absolute Gasteiger partial charge is 0.329 e. The van der Waals surface area contributed by atoms with Crippen LogP contribution in [0.4, 0.5) is 5.69 Å². The van der Waals surface area contributed by atoms with Crippen LogP contribution in [0, 0.1) is 10.1 Å². The van der Waals surface area contributed by atoms with Gasteiger partial charge in [0, 0.05) is 18.2 Å². The van der Waals surface area contributed by atoms with Crippen LogP contribution in [0.2, 0.25) is 0 Å². The van der Waals surface area contributed by atoms with Crippen molar-refractivity contribution in [1.82, 2.24) is 4.72 Å². The summed E-state index contributed by atoms with van der Waals surface area (Å²) in [5, 5.41) is 10.7. The molecule has 0 unspecified atom stereocenters. The third-order valence-electron chi connectivity index (χ3n) is 3.52. The number of sulfonamides is 1. The molecule has 1 aromatic rings. The number of nitrogens with zero attached hydrogens (tertiary/aromatic N) is 1. The van der Waals surface area contributed by atoms with Gasteiger partial charge in [-0.2, -0.15) is 0 Å². The molecule has 0 aromatic heterocycles. The van der Waals surface area contributed by atoms with Gasteiger partial charge >= 0.3 is 0 Å². The summed E-state index contributed by atoms with van der Waals surface area (Å²) in [6, 6.07) is 3.57. The summed E-state index contributed by atoms with van der Waals surface area (Å²) in [5.41, 5.74) is 4.78. The van der Waals surface area contributed by atoms with Gasteiger partial charge in [-0.25, -0.2) is 13.1 Å². The first-order valence-electron chi connectivity index (χ1n) is 6.39. The van der Waals surface area contributed by atoms with Crippen molar-refractivity contribution in [3.05, 3.63) is 32.8 Å². The predicted molar refractivity (Wildman–Crippen MR) is 83.5 cm³/mol. The van der Waals surface area contributed by atoms with Gasteiger partial charge in [0.15, 0.2) is 0 Å². The van der Waals surface area contributed by atoms with Crippen LogP contribution in [0.15, 0.2) is 27.6 Å². The van der Waals surface area contributed by atoms with Crippen molar-refractivity contribution in [3.8, 4) is 0 Å². The predicted octanol–water partition coefficient (Wildman–Crippen LogP) is 2.15. The van der Waals surface area contributed by atoms with E-state index in [0.29, 0.717) is 12.8 Å². The lowest BCUT2D eigenvalue weighted by Crippen LogP contribution is -2.52. The van der Waals surface area contributed by atoms with Crippen molar-refractivity contribution in [3.63, 3.8) is 0 Å². The molecule has 3 N–H and O–H groups in total. The van der Waals surface area contributed by atoms with E-state index in [1.807, 2.05) is 13.8 Å². The molecule has 1 rings (SSSR count). The Morgan fingerprint density at radius 2 is 1.95 bits per heavy atom. The zero-order chi connectivity index (χ0) is 16.3. The Hall–Kier alpha value is -1.03. The van der Waals surface area contributed by atoms with E-state index in [1.165, 1.54) is 12.1 Å². The molecular weight excluding hydrogens is 362 g/mol. The monoisotopic (exact) mass is 379 g/mol. The fourth-order valence-corrected chi connectivity index (χ4v) is 4.13. The first-order chi connectivity index (χ1) is 9.71. The first-order valence-corrected chi connectivity index (χ1v) is 8.67. The Labute approximate surface area is 132 Å². The molecule has 0 aliphatic heterocycles. The van der Waals surface area contributed by atoms with Crippen LogP contribution in [0.3, 0.4) is 0 Å². The number of nitro benzene ring substituents is 1. The van der Waals surface area contributed by atoms with Crippen molar-refractivity contribution in [2.45, 2.75) is 37.1 Å². The van der Waals surface area contributed by atoms with Crippen LogP contribution in [0.25, 0.3) is 0 Å². The van der Waals surface area contributed by atoms with E-state index < -0.39 is 20.5 Å². The van der Waals surface area contributed by atoms with Crippen molar-refractivity contribution in [2.24, 2.45) is 5.73 Å². The second kappa shape index (κ2) is 6.82. The second-order valence-electron chi connectivity index (χ2n) is 4.67.